The van der Waals surface area contributed by atoms with Crippen molar-refractivity contribution in [1.29, 1.82) is 0 Å². The van der Waals surface area contributed by atoms with Gasteiger partial charge in [-0.3, -0.25) is 0 Å². The second-order valence-corrected chi connectivity index (χ2v) is 3.93. The van der Waals surface area contributed by atoms with Crippen molar-refractivity contribution in [1.82, 2.24) is 5.32 Å². The molecule has 1 heteroatoms. The molecule has 82 valence electrons. The monoisotopic (exact) mass is 203 g/mol. The summed E-state index contributed by atoms with van der Waals surface area (Å²) in [5.41, 5.74) is 2.77. The van der Waals surface area contributed by atoms with E-state index in [-0.39, 0.29) is 0 Å². The lowest BCUT2D eigenvalue weighted by Crippen LogP contribution is -2.29. The summed E-state index contributed by atoms with van der Waals surface area (Å²) < 4.78 is 0. The van der Waals surface area contributed by atoms with Crippen LogP contribution < -0.4 is 5.32 Å². The highest BCUT2D eigenvalue weighted by atomic mass is 14.9. The van der Waals surface area contributed by atoms with E-state index in [1.54, 1.807) is 0 Å². The van der Waals surface area contributed by atoms with Gasteiger partial charge in [0.25, 0.3) is 0 Å². The van der Waals surface area contributed by atoms with E-state index in [0.717, 1.165) is 19.4 Å². The van der Waals surface area contributed by atoms with Crippen molar-refractivity contribution in [2.24, 2.45) is 0 Å². The Hall–Kier alpha value is -1.08. The first-order valence-electron chi connectivity index (χ1n) is 5.68. The molecule has 0 amide bonds. The summed E-state index contributed by atoms with van der Waals surface area (Å²) in [6, 6.07) is 8.93. The quantitative estimate of drug-likeness (QED) is 0.701. The highest BCUT2D eigenvalue weighted by molar-refractivity contribution is 5.27. The molecule has 1 rings (SSSR count). The van der Waals surface area contributed by atoms with E-state index in [4.69, 9.17) is 0 Å². The molecule has 1 aromatic rings. The van der Waals surface area contributed by atoms with Crippen LogP contribution in [0.3, 0.4) is 0 Å². The van der Waals surface area contributed by atoms with Crippen LogP contribution in [0.5, 0.6) is 0 Å². The van der Waals surface area contributed by atoms with Crippen LogP contribution in [0.15, 0.2) is 36.9 Å². The van der Waals surface area contributed by atoms with Crippen LogP contribution in [-0.2, 0) is 6.42 Å². The fraction of sp³-hybridized carbons (Fsp3) is 0.429. The van der Waals surface area contributed by atoms with Gasteiger partial charge in [-0.2, -0.15) is 0 Å². The predicted molar refractivity (Wildman–Crippen MR) is 67.2 cm³/mol. The maximum Gasteiger partial charge on any atom is 0.0287 e. The van der Waals surface area contributed by atoms with Crippen molar-refractivity contribution < 1.29 is 0 Å². The average molecular weight is 203 g/mol. The molecule has 0 fully saturated rings. The Morgan fingerprint density at radius 3 is 2.73 bits per heavy atom. The number of nitrogens with one attached hydrogen (secondary N) is 1. The minimum Gasteiger partial charge on any atom is -0.310 e. The third-order valence-electron chi connectivity index (χ3n) is 2.64. The van der Waals surface area contributed by atoms with Gasteiger partial charge in [0.1, 0.15) is 0 Å². The molecule has 1 atom stereocenters. The van der Waals surface area contributed by atoms with Gasteiger partial charge >= 0.3 is 0 Å². The van der Waals surface area contributed by atoms with E-state index in [0.29, 0.717) is 6.04 Å². The maximum atomic E-state index is 3.88. The van der Waals surface area contributed by atoms with Gasteiger partial charge < -0.3 is 5.32 Å². The number of benzene rings is 1. The molecule has 0 aliphatic heterocycles. The van der Waals surface area contributed by atoms with E-state index in [2.05, 4.69) is 50.0 Å². The minimum atomic E-state index is 0.394. The summed E-state index contributed by atoms with van der Waals surface area (Å²) in [5, 5.41) is 3.48. The molecular weight excluding hydrogens is 182 g/mol. The number of aryl methyl sites for hydroxylation is 1. The van der Waals surface area contributed by atoms with Crippen LogP contribution in [0, 0.1) is 6.92 Å². The molecule has 0 aliphatic rings. The third kappa shape index (κ3) is 3.88. The van der Waals surface area contributed by atoms with E-state index < -0.39 is 0 Å². The molecule has 0 aliphatic carbocycles. The number of hydrogen-bond acceptors (Lipinski definition) is 1. The van der Waals surface area contributed by atoms with Crippen LogP contribution in [0.1, 0.15) is 24.5 Å². The summed E-state index contributed by atoms with van der Waals surface area (Å²) in [6.07, 6.45) is 4.20. The Morgan fingerprint density at radius 2 is 2.13 bits per heavy atom. The van der Waals surface area contributed by atoms with E-state index in [9.17, 15) is 0 Å². The fourth-order valence-electron chi connectivity index (χ4n) is 1.64. The van der Waals surface area contributed by atoms with Crippen LogP contribution in [0.4, 0.5) is 0 Å². The van der Waals surface area contributed by atoms with Crippen LogP contribution in [0.2, 0.25) is 0 Å². The highest BCUT2D eigenvalue weighted by Crippen LogP contribution is 2.10. The molecule has 15 heavy (non-hydrogen) atoms. The number of hydrogen-bond donors (Lipinski definition) is 1. The molecule has 1 aromatic carbocycles. The van der Waals surface area contributed by atoms with Gasteiger partial charge in [-0.25, -0.2) is 0 Å². The van der Waals surface area contributed by atoms with Gasteiger partial charge in [0, 0.05) is 6.04 Å². The second-order valence-electron chi connectivity index (χ2n) is 3.93. The molecule has 0 radical (unpaired) electrons. The van der Waals surface area contributed by atoms with Gasteiger partial charge in [-0.15, -0.1) is 6.58 Å². The lowest BCUT2D eigenvalue weighted by Gasteiger charge is -2.15. The molecule has 0 heterocycles. The summed E-state index contributed by atoms with van der Waals surface area (Å²) in [6.45, 7) is 9.28. The zero-order valence-electron chi connectivity index (χ0n) is 9.79. The van der Waals surface area contributed by atoms with E-state index >= 15 is 0 Å². The lowest BCUT2D eigenvalue weighted by molar-refractivity contribution is 0.584. The maximum absolute atomic E-state index is 3.88. The minimum absolute atomic E-state index is 0.394. The lowest BCUT2D eigenvalue weighted by atomic mass is 10.0. The van der Waals surface area contributed by atoms with Gasteiger partial charge in [0.05, 0.1) is 0 Å². The predicted octanol–water partition coefficient (Wildman–Crippen LogP) is 3.09. The molecule has 1 N–H and O–H groups in total. The first kappa shape index (κ1) is 12.0. The summed E-state index contributed by atoms with van der Waals surface area (Å²) in [7, 11) is 0. The largest absolute Gasteiger partial charge is 0.310 e. The van der Waals surface area contributed by atoms with Gasteiger partial charge in [0.2, 0.25) is 0 Å². The Labute approximate surface area is 93.2 Å². The Balaban J connectivity index is 2.58. The molecule has 1 unspecified atom stereocenters. The topological polar surface area (TPSA) is 12.0 Å². The van der Waals surface area contributed by atoms with Gasteiger partial charge in [-0.05, 0) is 37.4 Å². The van der Waals surface area contributed by atoms with Gasteiger partial charge in [-0.1, -0.05) is 37.3 Å². The molecular formula is C14H21N. The van der Waals surface area contributed by atoms with Crippen LogP contribution in [-0.4, -0.2) is 12.6 Å². The summed E-state index contributed by atoms with van der Waals surface area (Å²) in [5.74, 6) is 0. The Morgan fingerprint density at radius 1 is 1.40 bits per heavy atom. The SMILES string of the molecule is C=CC(Cc1ccccc1C)NCCC. The molecule has 1 nitrogen and oxygen atoms in total. The van der Waals surface area contributed by atoms with E-state index in [1.807, 2.05) is 6.08 Å². The number of rotatable bonds is 6. The van der Waals surface area contributed by atoms with Crippen molar-refractivity contribution in [3.63, 3.8) is 0 Å². The normalized spacial score (nSPS) is 12.4. The van der Waals surface area contributed by atoms with Crippen molar-refractivity contribution in [2.75, 3.05) is 6.54 Å². The Bertz CT molecular complexity index is 304. The van der Waals surface area contributed by atoms with Crippen LogP contribution in [0.25, 0.3) is 0 Å². The molecule has 0 bridgehead atoms. The molecule has 0 spiro atoms. The summed E-state index contributed by atoms with van der Waals surface area (Å²) in [4.78, 5) is 0. The first-order valence-corrected chi connectivity index (χ1v) is 5.68. The van der Waals surface area contributed by atoms with Crippen LogP contribution >= 0.6 is 0 Å². The van der Waals surface area contributed by atoms with Crippen molar-refractivity contribution in [3.05, 3.63) is 48.0 Å². The van der Waals surface area contributed by atoms with Crippen molar-refractivity contribution in [2.45, 2.75) is 32.7 Å². The zero-order chi connectivity index (χ0) is 11.1. The molecule has 0 aromatic heterocycles. The van der Waals surface area contributed by atoms with Gasteiger partial charge in [0.15, 0.2) is 0 Å². The molecule has 0 saturated heterocycles. The average Bonchev–Trinajstić information content (AvgIpc) is 2.26. The first-order chi connectivity index (χ1) is 7.27. The smallest absolute Gasteiger partial charge is 0.0287 e. The zero-order valence-corrected chi connectivity index (χ0v) is 9.79. The standard InChI is InChI=1S/C14H21N/c1-4-10-15-14(5-2)11-13-9-7-6-8-12(13)3/h5-9,14-15H,2,4,10-11H2,1,3H3. The fourth-order valence-corrected chi connectivity index (χ4v) is 1.64. The Kier molecular flexibility index (Phi) is 5.13. The van der Waals surface area contributed by atoms with Crippen molar-refractivity contribution >= 4 is 0 Å². The molecule has 0 saturated carbocycles. The highest BCUT2D eigenvalue weighted by Gasteiger charge is 2.05. The second kappa shape index (κ2) is 6.41. The summed E-state index contributed by atoms with van der Waals surface area (Å²) >= 11 is 0. The van der Waals surface area contributed by atoms with Crippen molar-refractivity contribution in [3.8, 4) is 0 Å². The third-order valence-corrected chi connectivity index (χ3v) is 2.64. The van der Waals surface area contributed by atoms with E-state index in [1.165, 1.54) is 11.1 Å².